The Kier molecular flexibility index (Phi) is 3.58. The second-order valence-corrected chi connectivity index (χ2v) is 4.55. The molecule has 2 rings (SSSR count). The largest absolute Gasteiger partial charge is 0.380 e. The molecular formula is C16H16O2. The fourth-order valence-electron chi connectivity index (χ4n) is 1.95. The molecule has 18 heavy (non-hydrogen) atoms. The summed E-state index contributed by atoms with van der Waals surface area (Å²) in [7, 11) is 0. The van der Waals surface area contributed by atoms with Crippen molar-refractivity contribution in [3.63, 3.8) is 0 Å². The van der Waals surface area contributed by atoms with E-state index in [1.54, 1.807) is 18.2 Å². The van der Waals surface area contributed by atoms with E-state index in [9.17, 15) is 9.90 Å². The molecule has 0 aliphatic rings. The molecule has 92 valence electrons. The number of aliphatic hydroxyl groups is 1. The number of benzene rings is 2. The molecule has 2 nitrogen and oxygen atoms in total. The molecule has 0 bridgehead atoms. The first-order valence-corrected chi connectivity index (χ1v) is 5.93. The van der Waals surface area contributed by atoms with E-state index in [0.29, 0.717) is 11.1 Å². The lowest BCUT2D eigenvalue weighted by Crippen LogP contribution is -2.12. The van der Waals surface area contributed by atoms with E-state index in [1.807, 2.05) is 44.2 Å². The predicted octanol–water partition coefficient (Wildman–Crippen LogP) is 3.22. The lowest BCUT2D eigenvalue weighted by molar-refractivity contribution is 0.0747. The Balaban J connectivity index is 2.29. The topological polar surface area (TPSA) is 37.3 Å². The number of hydrogen-bond acceptors (Lipinski definition) is 2. The van der Waals surface area contributed by atoms with Gasteiger partial charge in [-0.15, -0.1) is 0 Å². The zero-order valence-electron chi connectivity index (χ0n) is 10.6. The van der Waals surface area contributed by atoms with Crippen molar-refractivity contribution in [2.24, 2.45) is 0 Å². The van der Waals surface area contributed by atoms with Crippen molar-refractivity contribution < 1.29 is 9.90 Å². The summed E-state index contributed by atoms with van der Waals surface area (Å²) in [6, 6.07) is 14.7. The summed E-state index contributed by atoms with van der Waals surface area (Å²) in [5, 5.41) is 10.1. The maximum atomic E-state index is 12.2. The number of aryl methyl sites for hydroxylation is 2. The molecule has 0 radical (unpaired) electrons. The van der Waals surface area contributed by atoms with E-state index < -0.39 is 6.10 Å². The Morgan fingerprint density at radius 3 is 2.22 bits per heavy atom. The standard InChI is InChI=1S/C16H16O2/c1-11-5-3-7-13(9-11)15(17)16(18)14-8-4-6-12(2)10-14/h3-10,15,17H,1-2H3/t15-/m0/s1. The minimum atomic E-state index is -1.09. The predicted molar refractivity (Wildman–Crippen MR) is 71.6 cm³/mol. The van der Waals surface area contributed by atoms with Crippen LogP contribution in [0.2, 0.25) is 0 Å². The van der Waals surface area contributed by atoms with E-state index in [2.05, 4.69) is 0 Å². The molecule has 0 heterocycles. The van der Waals surface area contributed by atoms with E-state index in [0.717, 1.165) is 11.1 Å². The molecule has 0 aliphatic heterocycles. The minimum absolute atomic E-state index is 0.260. The van der Waals surface area contributed by atoms with E-state index in [1.165, 1.54) is 0 Å². The van der Waals surface area contributed by atoms with Gasteiger partial charge in [0.05, 0.1) is 0 Å². The van der Waals surface area contributed by atoms with Crippen LogP contribution in [0.4, 0.5) is 0 Å². The van der Waals surface area contributed by atoms with Crippen LogP contribution in [0.25, 0.3) is 0 Å². The fraction of sp³-hybridized carbons (Fsp3) is 0.188. The third-order valence-corrected chi connectivity index (χ3v) is 2.91. The van der Waals surface area contributed by atoms with Gasteiger partial charge < -0.3 is 5.11 Å². The van der Waals surface area contributed by atoms with Gasteiger partial charge in [-0.05, 0) is 25.5 Å². The van der Waals surface area contributed by atoms with Crippen molar-refractivity contribution in [2.75, 3.05) is 0 Å². The highest BCUT2D eigenvalue weighted by molar-refractivity contribution is 6.00. The summed E-state index contributed by atoms with van der Waals surface area (Å²) in [4.78, 5) is 12.2. The first-order chi connectivity index (χ1) is 8.58. The summed E-state index contributed by atoms with van der Waals surface area (Å²) < 4.78 is 0. The molecule has 2 aromatic carbocycles. The van der Waals surface area contributed by atoms with Gasteiger partial charge in [-0.2, -0.15) is 0 Å². The summed E-state index contributed by atoms with van der Waals surface area (Å²) in [6.07, 6.45) is -1.09. The van der Waals surface area contributed by atoms with Gasteiger partial charge in [0, 0.05) is 5.56 Å². The number of ketones is 1. The zero-order valence-corrected chi connectivity index (χ0v) is 10.6. The van der Waals surface area contributed by atoms with Crippen LogP contribution in [-0.2, 0) is 0 Å². The molecule has 0 aromatic heterocycles. The van der Waals surface area contributed by atoms with Crippen LogP contribution in [0.15, 0.2) is 48.5 Å². The minimum Gasteiger partial charge on any atom is -0.380 e. The molecular weight excluding hydrogens is 224 g/mol. The third kappa shape index (κ3) is 2.66. The summed E-state index contributed by atoms with van der Waals surface area (Å²) in [6.45, 7) is 3.86. The number of carbonyl (C=O) groups excluding carboxylic acids is 1. The first-order valence-electron chi connectivity index (χ1n) is 5.93. The Morgan fingerprint density at radius 1 is 1.00 bits per heavy atom. The average molecular weight is 240 g/mol. The van der Waals surface area contributed by atoms with Gasteiger partial charge in [0.25, 0.3) is 0 Å². The van der Waals surface area contributed by atoms with Crippen molar-refractivity contribution in [1.82, 2.24) is 0 Å². The van der Waals surface area contributed by atoms with Crippen LogP contribution >= 0.6 is 0 Å². The average Bonchev–Trinajstić information content (AvgIpc) is 2.37. The Labute approximate surface area is 107 Å². The zero-order chi connectivity index (χ0) is 13.1. The number of Topliss-reactive ketones (excluding diaryl/α,β-unsaturated/α-hetero) is 1. The molecule has 1 atom stereocenters. The first kappa shape index (κ1) is 12.5. The number of rotatable bonds is 3. The van der Waals surface area contributed by atoms with Crippen molar-refractivity contribution in [3.05, 3.63) is 70.8 Å². The Hall–Kier alpha value is -1.93. The maximum absolute atomic E-state index is 12.2. The molecule has 2 heteroatoms. The smallest absolute Gasteiger partial charge is 0.195 e. The molecule has 2 aromatic rings. The molecule has 0 spiro atoms. The highest BCUT2D eigenvalue weighted by Crippen LogP contribution is 2.19. The van der Waals surface area contributed by atoms with E-state index >= 15 is 0 Å². The Bertz CT molecular complexity index is 573. The van der Waals surface area contributed by atoms with Gasteiger partial charge in [-0.1, -0.05) is 53.6 Å². The second-order valence-electron chi connectivity index (χ2n) is 4.55. The van der Waals surface area contributed by atoms with Gasteiger partial charge in [0.15, 0.2) is 5.78 Å². The van der Waals surface area contributed by atoms with Gasteiger partial charge in [-0.3, -0.25) is 4.79 Å². The Morgan fingerprint density at radius 2 is 1.61 bits per heavy atom. The highest BCUT2D eigenvalue weighted by atomic mass is 16.3. The molecule has 0 unspecified atom stereocenters. The van der Waals surface area contributed by atoms with E-state index in [-0.39, 0.29) is 5.78 Å². The molecule has 0 saturated heterocycles. The van der Waals surface area contributed by atoms with Crippen molar-refractivity contribution in [3.8, 4) is 0 Å². The van der Waals surface area contributed by atoms with Crippen LogP contribution in [0.3, 0.4) is 0 Å². The lowest BCUT2D eigenvalue weighted by atomic mass is 9.98. The van der Waals surface area contributed by atoms with Crippen LogP contribution in [-0.4, -0.2) is 10.9 Å². The number of hydrogen-bond donors (Lipinski definition) is 1. The summed E-state index contributed by atoms with van der Waals surface area (Å²) in [5.41, 5.74) is 3.23. The van der Waals surface area contributed by atoms with E-state index in [4.69, 9.17) is 0 Å². The van der Waals surface area contributed by atoms with Crippen LogP contribution < -0.4 is 0 Å². The van der Waals surface area contributed by atoms with Crippen LogP contribution in [0, 0.1) is 13.8 Å². The monoisotopic (exact) mass is 240 g/mol. The summed E-state index contributed by atoms with van der Waals surface area (Å²) in [5.74, 6) is -0.260. The highest BCUT2D eigenvalue weighted by Gasteiger charge is 2.19. The van der Waals surface area contributed by atoms with Crippen LogP contribution in [0.5, 0.6) is 0 Å². The molecule has 0 amide bonds. The molecule has 0 saturated carbocycles. The van der Waals surface area contributed by atoms with Crippen LogP contribution in [0.1, 0.15) is 33.2 Å². The SMILES string of the molecule is Cc1cccc(C(=O)[C@@H](O)c2cccc(C)c2)c1. The van der Waals surface area contributed by atoms with Crippen molar-refractivity contribution in [1.29, 1.82) is 0 Å². The molecule has 1 N–H and O–H groups in total. The lowest BCUT2D eigenvalue weighted by Gasteiger charge is -2.11. The van der Waals surface area contributed by atoms with Crippen molar-refractivity contribution in [2.45, 2.75) is 20.0 Å². The maximum Gasteiger partial charge on any atom is 0.195 e. The quantitative estimate of drug-likeness (QED) is 0.836. The molecule has 0 aliphatic carbocycles. The second kappa shape index (κ2) is 5.15. The number of aliphatic hydroxyl groups excluding tert-OH is 1. The normalized spacial score (nSPS) is 12.2. The van der Waals surface area contributed by atoms with Gasteiger partial charge in [-0.25, -0.2) is 0 Å². The van der Waals surface area contributed by atoms with Gasteiger partial charge in [0.1, 0.15) is 6.10 Å². The summed E-state index contributed by atoms with van der Waals surface area (Å²) >= 11 is 0. The fourth-order valence-corrected chi connectivity index (χ4v) is 1.95. The third-order valence-electron chi connectivity index (χ3n) is 2.91. The van der Waals surface area contributed by atoms with Crippen molar-refractivity contribution >= 4 is 5.78 Å². The number of carbonyl (C=O) groups is 1. The molecule has 0 fully saturated rings. The van der Waals surface area contributed by atoms with Gasteiger partial charge >= 0.3 is 0 Å². The van der Waals surface area contributed by atoms with Gasteiger partial charge in [0.2, 0.25) is 0 Å².